The van der Waals surface area contributed by atoms with Gasteiger partial charge in [0.15, 0.2) is 0 Å². The molecule has 1 aliphatic rings. The number of hydrogen-bond acceptors (Lipinski definition) is 3. The highest BCUT2D eigenvalue weighted by molar-refractivity contribution is 6.07. The van der Waals surface area contributed by atoms with Crippen LogP contribution in [0.5, 0.6) is 0 Å². The zero-order chi connectivity index (χ0) is 11.2. The number of pyridine rings is 1. The molecular weight excluding hydrogens is 196 g/mol. The molecule has 0 saturated heterocycles. The number of fused-ring (bicyclic) bond motifs is 1. The average Bonchev–Trinajstić information content (AvgIpc) is 2.44. The zero-order valence-electron chi connectivity index (χ0n) is 8.46. The van der Waals surface area contributed by atoms with E-state index in [1.165, 1.54) is 6.92 Å². The van der Waals surface area contributed by atoms with Crippen molar-refractivity contribution in [1.29, 1.82) is 0 Å². The van der Waals surface area contributed by atoms with Crippen LogP contribution in [0.2, 0.25) is 0 Å². The summed E-state index contributed by atoms with van der Waals surface area (Å²) in [6, 6.07) is 1.60. The van der Waals surface area contributed by atoms with Crippen LogP contribution in [0.15, 0.2) is 10.9 Å². The minimum absolute atomic E-state index is 0.0825. The van der Waals surface area contributed by atoms with Gasteiger partial charge in [0.25, 0.3) is 11.5 Å². The summed E-state index contributed by atoms with van der Waals surface area (Å²) < 4.78 is 0. The number of rotatable bonds is 0. The Morgan fingerprint density at radius 2 is 2.13 bits per heavy atom. The van der Waals surface area contributed by atoms with Gasteiger partial charge >= 0.3 is 0 Å². The molecule has 0 bridgehead atoms. The molecule has 15 heavy (non-hydrogen) atoms. The Hall–Kier alpha value is -1.91. The van der Waals surface area contributed by atoms with Gasteiger partial charge in [0, 0.05) is 18.2 Å². The van der Waals surface area contributed by atoms with E-state index in [2.05, 4.69) is 4.98 Å². The van der Waals surface area contributed by atoms with Crippen molar-refractivity contribution in [2.24, 2.45) is 0 Å². The Balaban J connectivity index is 2.60. The van der Waals surface area contributed by atoms with E-state index in [0.29, 0.717) is 16.8 Å². The Morgan fingerprint density at radius 1 is 1.47 bits per heavy atom. The molecule has 0 spiro atoms. The number of nitrogens with zero attached hydrogens (tertiary/aromatic N) is 1. The minimum atomic E-state index is -0.383. The summed E-state index contributed by atoms with van der Waals surface area (Å²) in [6.45, 7) is 3.09. The summed E-state index contributed by atoms with van der Waals surface area (Å²) in [4.78, 5) is 38.0. The number of aromatic amines is 1. The third kappa shape index (κ3) is 1.36. The molecule has 0 atom stereocenters. The van der Waals surface area contributed by atoms with Crippen LogP contribution >= 0.6 is 0 Å². The van der Waals surface area contributed by atoms with E-state index < -0.39 is 0 Å². The monoisotopic (exact) mass is 206 g/mol. The molecule has 0 radical (unpaired) electrons. The molecule has 2 heterocycles. The molecular formula is C10H10N2O3. The Bertz CT molecular complexity index is 516. The van der Waals surface area contributed by atoms with Crippen LogP contribution < -0.4 is 5.56 Å². The molecule has 2 rings (SSSR count). The molecule has 1 aromatic heterocycles. The molecule has 0 aromatic carbocycles. The van der Waals surface area contributed by atoms with Crippen LogP contribution in [0.4, 0.5) is 0 Å². The zero-order valence-corrected chi connectivity index (χ0v) is 8.46. The van der Waals surface area contributed by atoms with Crippen LogP contribution in [0.3, 0.4) is 0 Å². The second kappa shape index (κ2) is 3.05. The van der Waals surface area contributed by atoms with E-state index in [4.69, 9.17) is 0 Å². The maximum absolute atomic E-state index is 11.7. The van der Waals surface area contributed by atoms with Gasteiger partial charge in [-0.05, 0) is 13.0 Å². The third-order valence-electron chi connectivity index (χ3n) is 2.44. The predicted molar refractivity (Wildman–Crippen MR) is 52.4 cm³/mol. The third-order valence-corrected chi connectivity index (χ3v) is 2.44. The van der Waals surface area contributed by atoms with Gasteiger partial charge in [-0.2, -0.15) is 0 Å². The van der Waals surface area contributed by atoms with E-state index in [9.17, 15) is 14.4 Å². The molecule has 1 aliphatic heterocycles. The average molecular weight is 206 g/mol. The highest BCUT2D eigenvalue weighted by Gasteiger charge is 2.32. The first-order chi connectivity index (χ1) is 7.00. The van der Waals surface area contributed by atoms with Gasteiger partial charge < -0.3 is 4.98 Å². The van der Waals surface area contributed by atoms with Crippen LogP contribution in [-0.4, -0.2) is 21.7 Å². The highest BCUT2D eigenvalue weighted by Crippen LogP contribution is 2.19. The van der Waals surface area contributed by atoms with Gasteiger partial charge in [-0.15, -0.1) is 0 Å². The van der Waals surface area contributed by atoms with Crippen LogP contribution in [0, 0.1) is 6.92 Å². The molecule has 0 unspecified atom stereocenters. The van der Waals surface area contributed by atoms with Gasteiger partial charge in [0.05, 0.1) is 12.1 Å². The van der Waals surface area contributed by atoms with E-state index in [0.717, 1.165) is 4.90 Å². The first kappa shape index (κ1) is 9.64. The number of H-pyrrole nitrogens is 1. The van der Waals surface area contributed by atoms with Crippen LogP contribution in [-0.2, 0) is 11.3 Å². The molecule has 2 amide bonds. The van der Waals surface area contributed by atoms with Gasteiger partial charge in [-0.25, -0.2) is 0 Å². The lowest BCUT2D eigenvalue weighted by Gasteiger charge is -2.08. The van der Waals surface area contributed by atoms with E-state index in [1.54, 1.807) is 13.0 Å². The van der Waals surface area contributed by atoms with Crippen molar-refractivity contribution < 1.29 is 9.59 Å². The van der Waals surface area contributed by atoms with E-state index in [1.807, 2.05) is 0 Å². The number of imide groups is 1. The SMILES string of the molecule is CC(=O)N1Cc2c(cc(C)[nH]c2=O)C1=O. The summed E-state index contributed by atoms with van der Waals surface area (Å²) in [5, 5.41) is 0. The summed E-state index contributed by atoms with van der Waals surface area (Å²) in [7, 11) is 0. The summed E-state index contributed by atoms with van der Waals surface area (Å²) in [5.41, 5.74) is 1.05. The molecule has 5 heteroatoms. The standard InChI is InChI=1S/C10H10N2O3/c1-5-3-7-8(9(14)11-5)4-12(6(2)13)10(7)15/h3H,4H2,1-2H3,(H,11,14). The van der Waals surface area contributed by atoms with Gasteiger partial charge in [0.1, 0.15) is 0 Å². The molecule has 0 saturated carbocycles. The lowest BCUT2D eigenvalue weighted by molar-refractivity contribution is -0.126. The number of nitrogens with one attached hydrogen (secondary N) is 1. The first-order valence-corrected chi connectivity index (χ1v) is 4.56. The Labute approximate surface area is 85.7 Å². The number of carbonyl (C=O) groups excluding carboxylic acids is 2. The first-order valence-electron chi connectivity index (χ1n) is 4.56. The number of carbonyl (C=O) groups is 2. The minimum Gasteiger partial charge on any atom is -0.326 e. The van der Waals surface area contributed by atoms with Crippen molar-refractivity contribution in [2.45, 2.75) is 20.4 Å². The Morgan fingerprint density at radius 3 is 2.73 bits per heavy atom. The van der Waals surface area contributed by atoms with Crippen molar-refractivity contribution in [3.05, 3.63) is 33.2 Å². The molecule has 78 valence electrons. The van der Waals surface area contributed by atoms with Crippen molar-refractivity contribution in [3.8, 4) is 0 Å². The fraction of sp³-hybridized carbons (Fsp3) is 0.300. The van der Waals surface area contributed by atoms with Crippen molar-refractivity contribution in [1.82, 2.24) is 9.88 Å². The molecule has 0 fully saturated rings. The number of hydrogen-bond donors (Lipinski definition) is 1. The number of aromatic nitrogens is 1. The molecule has 0 aliphatic carbocycles. The Kier molecular flexibility index (Phi) is 1.96. The summed E-state index contributed by atoms with van der Waals surface area (Å²) in [5.74, 6) is -0.722. The topological polar surface area (TPSA) is 70.2 Å². The molecule has 1 aromatic rings. The van der Waals surface area contributed by atoms with Crippen LogP contribution in [0.1, 0.15) is 28.5 Å². The lowest BCUT2D eigenvalue weighted by atomic mass is 10.1. The summed E-state index contributed by atoms with van der Waals surface area (Å²) >= 11 is 0. The lowest BCUT2D eigenvalue weighted by Crippen LogP contribution is -2.28. The smallest absolute Gasteiger partial charge is 0.261 e. The fourth-order valence-electron chi connectivity index (χ4n) is 1.69. The summed E-state index contributed by atoms with van der Waals surface area (Å²) in [6.07, 6.45) is 0. The fourth-order valence-corrected chi connectivity index (χ4v) is 1.69. The molecule has 1 N–H and O–H groups in total. The van der Waals surface area contributed by atoms with Crippen molar-refractivity contribution >= 4 is 11.8 Å². The van der Waals surface area contributed by atoms with Gasteiger partial charge in [-0.3, -0.25) is 19.3 Å². The second-order valence-corrected chi connectivity index (χ2v) is 3.58. The van der Waals surface area contributed by atoms with Crippen LogP contribution in [0.25, 0.3) is 0 Å². The van der Waals surface area contributed by atoms with Gasteiger partial charge in [-0.1, -0.05) is 0 Å². The maximum Gasteiger partial charge on any atom is 0.261 e. The molecule has 5 nitrogen and oxygen atoms in total. The number of aryl methyl sites for hydroxylation is 1. The van der Waals surface area contributed by atoms with E-state index >= 15 is 0 Å². The highest BCUT2D eigenvalue weighted by atomic mass is 16.2. The predicted octanol–water partition coefficient (Wildman–Crippen LogP) is 0.186. The second-order valence-electron chi connectivity index (χ2n) is 3.58. The van der Waals surface area contributed by atoms with Crippen molar-refractivity contribution in [2.75, 3.05) is 0 Å². The normalized spacial score (nSPS) is 14.3. The maximum atomic E-state index is 11.7. The number of amides is 2. The quantitative estimate of drug-likeness (QED) is 0.658. The van der Waals surface area contributed by atoms with Crippen molar-refractivity contribution in [3.63, 3.8) is 0 Å². The largest absolute Gasteiger partial charge is 0.326 e. The van der Waals surface area contributed by atoms with E-state index in [-0.39, 0.29) is 23.9 Å². The van der Waals surface area contributed by atoms with Gasteiger partial charge in [0.2, 0.25) is 5.91 Å².